The number of hydrogen-bond donors (Lipinski definition) is 2. The lowest BCUT2D eigenvalue weighted by Gasteiger charge is -2.35. The predicted molar refractivity (Wildman–Crippen MR) is 146 cm³/mol. The van der Waals surface area contributed by atoms with Crippen molar-refractivity contribution in [2.45, 2.75) is 64.1 Å². The van der Waals surface area contributed by atoms with Crippen LogP contribution in [0.25, 0.3) is 11.1 Å². The third-order valence-electron chi connectivity index (χ3n) is 7.47. The number of esters is 1. The molecule has 9 nitrogen and oxygen atoms in total. The summed E-state index contributed by atoms with van der Waals surface area (Å²) in [7, 11) is 0. The molecule has 39 heavy (non-hydrogen) atoms. The number of nitrogens with one attached hydrogen (secondary N) is 1. The number of nitrogens with two attached hydrogens (primary N) is 1. The summed E-state index contributed by atoms with van der Waals surface area (Å²) in [5.74, 6) is -0.898. The Balaban J connectivity index is 1.34. The fraction of sp³-hybridized carbons (Fsp3) is 0.467. The minimum Gasteiger partial charge on any atom is -0.463 e. The van der Waals surface area contributed by atoms with Gasteiger partial charge >= 0.3 is 12.1 Å². The van der Waals surface area contributed by atoms with E-state index in [1.165, 1.54) is 0 Å². The van der Waals surface area contributed by atoms with Crippen LogP contribution in [-0.2, 0) is 19.0 Å². The zero-order valence-electron chi connectivity index (χ0n) is 22.4. The Labute approximate surface area is 229 Å². The Morgan fingerprint density at radius 1 is 0.897 bits per heavy atom. The lowest BCUT2D eigenvalue weighted by Crippen LogP contribution is -2.45. The first-order chi connectivity index (χ1) is 18.9. The Hall–Kier alpha value is -3.88. The van der Waals surface area contributed by atoms with Crippen molar-refractivity contribution in [3.8, 4) is 11.1 Å². The van der Waals surface area contributed by atoms with E-state index in [1.807, 2.05) is 24.3 Å². The second-order valence-corrected chi connectivity index (χ2v) is 10.1. The average molecular weight is 536 g/mol. The van der Waals surface area contributed by atoms with E-state index in [2.05, 4.69) is 0 Å². The van der Waals surface area contributed by atoms with Crippen molar-refractivity contribution in [1.82, 2.24) is 4.90 Å². The first-order valence-corrected chi connectivity index (χ1v) is 13.7. The molecule has 1 amide bonds. The van der Waals surface area contributed by atoms with Crippen LogP contribution >= 0.6 is 0 Å². The lowest BCUT2D eigenvalue weighted by molar-refractivity contribution is -0.159. The van der Waals surface area contributed by atoms with Gasteiger partial charge in [-0.2, -0.15) is 0 Å². The van der Waals surface area contributed by atoms with Gasteiger partial charge in [-0.25, -0.2) is 9.59 Å². The van der Waals surface area contributed by atoms with E-state index >= 15 is 0 Å². The van der Waals surface area contributed by atoms with Gasteiger partial charge in [0.15, 0.2) is 0 Å². The smallest absolute Gasteiger partial charge is 0.463 e. The minimum atomic E-state index is -1.05. The molecule has 0 spiro atoms. The first-order valence-electron chi connectivity index (χ1n) is 13.7. The molecule has 2 fully saturated rings. The number of amidine groups is 1. The number of nitrogen functional groups attached to an aromatic ring is 1. The maximum absolute atomic E-state index is 13.2. The predicted octanol–water partition coefficient (Wildman–Crippen LogP) is 4.91. The molecule has 1 aliphatic heterocycles. The summed E-state index contributed by atoms with van der Waals surface area (Å²) in [6.45, 7) is 2.77. The Morgan fingerprint density at radius 3 is 2.00 bits per heavy atom. The first kappa shape index (κ1) is 28.1. The molecule has 2 aromatic rings. The third-order valence-corrected chi connectivity index (χ3v) is 7.47. The molecule has 9 heteroatoms. The summed E-state index contributed by atoms with van der Waals surface area (Å²) in [4.78, 5) is 40.1. The zero-order valence-corrected chi connectivity index (χ0v) is 22.4. The Morgan fingerprint density at radius 2 is 1.46 bits per heavy atom. The summed E-state index contributed by atoms with van der Waals surface area (Å²) in [5.41, 5.74) is 8.68. The molecule has 1 saturated heterocycles. The molecule has 0 aromatic heterocycles. The second kappa shape index (κ2) is 13.3. The van der Waals surface area contributed by atoms with Gasteiger partial charge in [0.05, 0.1) is 6.61 Å². The summed E-state index contributed by atoms with van der Waals surface area (Å²) in [6.07, 6.45) is 3.77. The maximum Gasteiger partial charge on any atom is 0.509 e. The number of carbonyl (C=O) groups is 3. The van der Waals surface area contributed by atoms with Gasteiger partial charge in [-0.1, -0.05) is 42.8 Å². The molecule has 3 N–H and O–H groups in total. The third kappa shape index (κ3) is 7.37. The van der Waals surface area contributed by atoms with E-state index in [0.29, 0.717) is 37.1 Å². The van der Waals surface area contributed by atoms with Gasteiger partial charge in [-0.15, -0.1) is 0 Å². The van der Waals surface area contributed by atoms with Crippen LogP contribution < -0.4 is 5.73 Å². The molecule has 1 heterocycles. The largest absolute Gasteiger partial charge is 0.509 e. The molecule has 1 unspecified atom stereocenters. The standard InChI is InChI=1S/C30H37N3O6/c1-2-37-29(35)26(39-30(36)38-25-6-4-3-5-7-25)22-16-18-33(19-17-22)28(34)24-14-10-21(11-15-24)20-8-12-23(13-9-20)27(31)32/h8-15,22,25-26H,2-7,16-19H2,1H3,(H3,31,32). The van der Waals surface area contributed by atoms with Crippen LogP contribution in [0, 0.1) is 11.3 Å². The highest BCUT2D eigenvalue weighted by Gasteiger charge is 2.37. The van der Waals surface area contributed by atoms with Gasteiger partial charge in [0.2, 0.25) is 6.10 Å². The van der Waals surface area contributed by atoms with E-state index < -0.39 is 18.2 Å². The van der Waals surface area contributed by atoms with Crippen LogP contribution in [0.15, 0.2) is 48.5 Å². The highest BCUT2D eigenvalue weighted by atomic mass is 16.7. The number of piperidine rings is 1. The van der Waals surface area contributed by atoms with Crippen LogP contribution in [-0.4, -0.2) is 60.7 Å². The number of amides is 1. The van der Waals surface area contributed by atoms with E-state index in [9.17, 15) is 14.4 Å². The van der Waals surface area contributed by atoms with Crippen molar-refractivity contribution in [2.75, 3.05) is 19.7 Å². The fourth-order valence-corrected chi connectivity index (χ4v) is 5.25. The van der Waals surface area contributed by atoms with Crippen LogP contribution in [0.3, 0.4) is 0 Å². The monoisotopic (exact) mass is 535 g/mol. The van der Waals surface area contributed by atoms with Gasteiger partial charge in [0, 0.05) is 30.1 Å². The number of carbonyl (C=O) groups excluding carboxylic acids is 3. The fourth-order valence-electron chi connectivity index (χ4n) is 5.25. The molecule has 0 radical (unpaired) electrons. The molecular formula is C30H37N3O6. The molecule has 2 aromatic carbocycles. The number of nitrogens with zero attached hydrogens (tertiary/aromatic N) is 1. The molecule has 4 rings (SSSR count). The van der Waals surface area contributed by atoms with Gasteiger partial charge in [0.1, 0.15) is 11.9 Å². The molecule has 1 atom stereocenters. The van der Waals surface area contributed by atoms with E-state index in [1.54, 1.807) is 36.1 Å². The summed E-state index contributed by atoms with van der Waals surface area (Å²) < 4.78 is 16.2. The van der Waals surface area contributed by atoms with Crippen molar-refractivity contribution in [3.05, 3.63) is 59.7 Å². The van der Waals surface area contributed by atoms with Crippen molar-refractivity contribution in [3.63, 3.8) is 0 Å². The summed E-state index contributed by atoms with van der Waals surface area (Å²) >= 11 is 0. The molecular weight excluding hydrogens is 498 g/mol. The molecule has 1 saturated carbocycles. The minimum absolute atomic E-state index is 0.0192. The summed E-state index contributed by atoms with van der Waals surface area (Å²) in [5, 5.41) is 7.52. The number of ether oxygens (including phenoxy) is 3. The number of rotatable bonds is 8. The average Bonchev–Trinajstić information content (AvgIpc) is 2.96. The number of hydrogen-bond acceptors (Lipinski definition) is 7. The van der Waals surface area contributed by atoms with Gasteiger partial charge in [0.25, 0.3) is 5.91 Å². The lowest BCUT2D eigenvalue weighted by atomic mass is 9.90. The van der Waals surface area contributed by atoms with Gasteiger partial charge in [-0.05, 0) is 68.7 Å². The molecule has 2 aliphatic rings. The van der Waals surface area contributed by atoms with E-state index in [0.717, 1.165) is 43.2 Å². The highest BCUT2D eigenvalue weighted by Crippen LogP contribution is 2.27. The summed E-state index contributed by atoms with van der Waals surface area (Å²) in [6, 6.07) is 14.8. The van der Waals surface area contributed by atoms with Crippen molar-refractivity contribution in [2.24, 2.45) is 11.7 Å². The Bertz CT molecular complexity index is 1150. The van der Waals surface area contributed by atoms with Crippen LogP contribution in [0.4, 0.5) is 4.79 Å². The Kier molecular flexibility index (Phi) is 9.57. The highest BCUT2D eigenvalue weighted by molar-refractivity contribution is 5.96. The van der Waals surface area contributed by atoms with Crippen LogP contribution in [0.2, 0.25) is 0 Å². The topological polar surface area (TPSA) is 132 Å². The zero-order chi connectivity index (χ0) is 27.8. The van der Waals surface area contributed by atoms with Crippen molar-refractivity contribution < 1.29 is 28.6 Å². The van der Waals surface area contributed by atoms with Crippen molar-refractivity contribution >= 4 is 23.9 Å². The van der Waals surface area contributed by atoms with E-state index in [-0.39, 0.29) is 30.4 Å². The van der Waals surface area contributed by atoms with Crippen LogP contribution in [0.5, 0.6) is 0 Å². The SMILES string of the molecule is CCOC(=O)C(OC(=O)OC1CCCCC1)C1CCN(C(=O)c2ccc(-c3ccc(C(=N)N)cc3)cc2)CC1. The van der Waals surface area contributed by atoms with Crippen molar-refractivity contribution in [1.29, 1.82) is 5.41 Å². The second-order valence-electron chi connectivity index (χ2n) is 10.1. The van der Waals surface area contributed by atoms with Crippen LogP contribution in [0.1, 0.15) is 67.8 Å². The quantitative estimate of drug-likeness (QED) is 0.279. The maximum atomic E-state index is 13.2. The van der Waals surface area contributed by atoms with E-state index in [4.69, 9.17) is 25.4 Å². The van der Waals surface area contributed by atoms with Gasteiger partial charge < -0.3 is 24.8 Å². The molecule has 1 aliphatic carbocycles. The van der Waals surface area contributed by atoms with Gasteiger partial charge in [-0.3, -0.25) is 10.2 Å². The normalized spacial score (nSPS) is 17.2. The molecule has 208 valence electrons. The number of likely N-dealkylation sites (tertiary alicyclic amines) is 1. The number of benzene rings is 2. The molecule has 0 bridgehead atoms.